The summed E-state index contributed by atoms with van der Waals surface area (Å²) in [6, 6.07) is 0.704. The molecule has 1 aliphatic carbocycles. The Kier molecular flexibility index (Phi) is 8.16. The Bertz CT molecular complexity index is 376. The van der Waals surface area contributed by atoms with E-state index in [4.69, 9.17) is 4.74 Å². The van der Waals surface area contributed by atoms with Gasteiger partial charge in [0.25, 0.3) is 0 Å². The lowest BCUT2D eigenvalue weighted by molar-refractivity contribution is 0.0904. The second kappa shape index (κ2) is 9.08. The Hall–Kier alpha value is -0.170. The molecule has 1 saturated carbocycles. The molecular formula is C15H32N2O3S. The molecule has 21 heavy (non-hydrogen) atoms. The van der Waals surface area contributed by atoms with E-state index in [9.17, 15) is 8.42 Å². The minimum atomic E-state index is -3.20. The normalized spacial score (nSPS) is 23.9. The van der Waals surface area contributed by atoms with Crippen molar-refractivity contribution in [2.75, 3.05) is 26.0 Å². The predicted molar refractivity (Wildman–Crippen MR) is 87.0 cm³/mol. The number of nitrogens with zero attached hydrogens (tertiary/aromatic N) is 1. The molecule has 0 aliphatic heterocycles. The highest BCUT2D eigenvalue weighted by Gasteiger charge is 2.30. The van der Waals surface area contributed by atoms with Crippen LogP contribution in [0.15, 0.2) is 0 Å². The lowest BCUT2D eigenvalue weighted by atomic mass is 9.91. The van der Waals surface area contributed by atoms with Crippen LogP contribution in [0.25, 0.3) is 0 Å². The highest BCUT2D eigenvalue weighted by Crippen LogP contribution is 2.24. The van der Waals surface area contributed by atoms with Crippen molar-refractivity contribution in [1.29, 1.82) is 0 Å². The van der Waals surface area contributed by atoms with E-state index < -0.39 is 10.0 Å². The van der Waals surface area contributed by atoms with Crippen molar-refractivity contribution in [1.82, 2.24) is 9.62 Å². The summed E-state index contributed by atoms with van der Waals surface area (Å²) in [5.41, 5.74) is 0. The molecule has 0 spiro atoms. The van der Waals surface area contributed by atoms with E-state index in [1.165, 1.54) is 0 Å². The molecule has 0 saturated heterocycles. The molecule has 6 heteroatoms. The van der Waals surface area contributed by atoms with E-state index in [-0.39, 0.29) is 24.5 Å². The second-order valence-corrected chi connectivity index (χ2v) is 8.36. The summed E-state index contributed by atoms with van der Waals surface area (Å²) in [5, 5.41) is 3.53. The van der Waals surface area contributed by atoms with Gasteiger partial charge in [-0.15, -0.1) is 0 Å². The average Bonchev–Trinajstić information content (AvgIpc) is 2.44. The van der Waals surface area contributed by atoms with E-state index in [1.54, 1.807) is 11.4 Å². The van der Waals surface area contributed by atoms with Crippen molar-refractivity contribution < 1.29 is 13.2 Å². The van der Waals surface area contributed by atoms with Crippen molar-refractivity contribution in [3.05, 3.63) is 0 Å². The zero-order chi connectivity index (χ0) is 15.9. The maximum atomic E-state index is 12.3. The minimum absolute atomic E-state index is 0.0746. The topological polar surface area (TPSA) is 58.6 Å². The molecule has 0 aromatic heterocycles. The standard InChI is InChI=1S/C15H32N2O3S/c1-5-10-16-14-6-8-15(9-7-14)17(4)21(18,19)12-11-20-13(2)3/h13-16H,5-12H2,1-4H3. The van der Waals surface area contributed by atoms with Gasteiger partial charge >= 0.3 is 0 Å². The number of sulfonamides is 1. The van der Waals surface area contributed by atoms with Gasteiger partial charge in [-0.2, -0.15) is 0 Å². The summed E-state index contributed by atoms with van der Waals surface area (Å²) < 4.78 is 31.5. The van der Waals surface area contributed by atoms with Gasteiger partial charge < -0.3 is 10.1 Å². The summed E-state index contributed by atoms with van der Waals surface area (Å²) in [4.78, 5) is 0. The van der Waals surface area contributed by atoms with Crippen LogP contribution >= 0.6 is 0 Å². The van der Waals surface area contributed by atoms with Crippen LogP contribution in [0.2, 0.25) is 0 Å². The Morgan fingerprint density at radius 1 is 1.24 bits per heavy atom. The zero-order valence-electron chi connectivity index (χ0n) is 14.0. The van der Waals surface area contributed by atoms with Gasteiger partial charge in [0.1, 0.15) is 0 Å². The summed E-state index contributed by atoms with van der Waals surface area (Å²) in [6.07, 6.45) is 5.24. The van der Waals surface area contributed by atoms with Crippen molar-refractivity contribution >= 4 is 10.0 Å². The first kappa shape index (κ1) is 18.9. The van der Waals surface area contributed by atoms with Crippen LogP contribution in [-0.2, 0) is 14.8 Å². The number of hydrogen-bond donors (Lipinski definition) is 1. The Balaban J connectivity index is 2.39. The molecule has 0 bridgehead atoms. The largest absolute Gasteiger partial charge is 0.378 e. The summed E-state index contributed by atoms with van der Waals surface area (Å²) in [5.74, 6) is 0.0791. The van der Waals surface area contributed by atoms with E-state index in [0.29, 0.717) is 6.04 Å². The molecule has 1 rings (SSSR count). The minimum Gasteiger partial charge on any atom is -0.378 e. The predicted octanol–water partition coefficient (Wildman–Crippen LogP) is 1.98. The molecule has 1 fully saturated rings. The third kappa shape index (κ3) is 6.63. The first-order valence-corrected chi connectivity index (χ1v) is 9.78. The van der Waals surface area contributed by atoms with Gasteiger partial charge in [0.15, 0.2) is 0 Å². The monoisotopic (exact) mass is 320 g/mol. The Labute approximate surface area is 130 Å². The summed E-state index contributed by atoms with van der Waals surface area (Å²) >= 11 is 0. The SMILES string of the molecule is CCCNC1CCC(N(C)S(=O)(=O)CCOC(C)C)CC1. The molecule has 0 unspecified atom stereocenters. The molecule has 1 N–H and O–H groups in total. The van der Waals surface area contributed by atoms with Crippen molar-refractivity contribution in [2.45, 2.75) is 71.1 Å². The van der Waals surface area contributed by atoms with Gasteiger partial charge in [-0.05, 0) is 52.5 Å². The fourth-order valence-corrected chi connectivity index (χ4v) is 4.01. The highest BCUT2D eigenvalue weighted by atomic mass is 32.2. The first-order valence-electron chi connectivity index (χ1n) is 8.17. The lowest BCUT2D eigenvalue weighted by Gasteiger charge is -2.34. The molecule has 5 nitrogen and oxygen atoms in total. The van der Waals surface area contributed by atoms with E-state index in [1.807, 2.05) is 13.8 Å². The molecule has 1 aliphatic rings. The molecule has 0 heterocycles. The molecular weight excluding hydrogens is 288 g/mol. The van der Waals surface area contributed by atoms with Crippen LogP contribution in [0.1, 0.15) is 52.9 Å². The molecule has 0 radical (unpaired) electrons. The van der Waals surface area contributed by atoms with Gasteiger partial charge in [0, 0.05) is 19.1 Å². The third-order valence-corrected chi connectivity index (χ3v) is 5.98. The summed E-state index contributed by atoms with van der Waals surface area (Å²) in [7, 11) is -1.48. The van der Waals surface area contributed by atoms with E-state index >= 15 is 0 Å². The van der Waals surface area contributed by atoms with Crippen LogP contribution in [0.5, 0.6) is 0 Å². The third-order valence-electron chi connectivity index (χ3n) is 4.13. The quantitative estimate of drug-likeness (QED) is 0.706. The van der Waals surface area contributed by atoms with Crippen LogP contribution < -0.4 is 5.32 Å². The molecule has 126 valence electrons. The van der Waals surface area contributed by atoms with Gasteiger partial charge in [-0.25, -0.2) is 12.7 Å². The van der Waals surface area contributed by atoms with Crippen LogP contribution in [0.4, 0.5) is 0 Å². The van der Waals surface area contributed by atoms with Crippen molar-refractivity contribution in [2.24, 2.45) is 0 Å². The molecule has 0 aromatic rings. The number of nitrogens with one attached hydrogen (secondary N) is 1. The maximum Gasteiger partial charge on any atom is 0.216 e. The number of ether oxygens (including phenoxy) is 1. The van der Waals surface area contributed by atoms with E-state index in [2.05, 4.69) is 12.2 Å². The Morgan fingerprint density at radius 3 is 2.38 bits per heavy atom. The fraction of sp³-hybridized carbons (Fsp3) is 1.00. The number of hydrogen-bond acceptors (Lipinski definition) is 4. The maximum absolute atomic E-state index is 12.3. The van der Waals surface area contributed by atoms with Crippen molar-refractivity contribution in [3.8, 4) is 0 Å². The van der Waals surface area contributed by atoms with Crippen LogP contribution in [0.3, 0.4) is 0 Å². The van der Waals surface area contributed by atoms with Crippen LogP contribution in [0, 0.1) is 0 Å². The zero-order valence-corrected chi connectivity index (χ0v) is 14.8. The smallest absolute Gasteiger partial charge is 0.216 e. The van der Waals surface area contributed by atoms with Gasteiger partial charge in [-0.3, -0.25) is 0 Å². The van der Waals surface area contributed by atoms with Gasteiger partial charge in [-0.1, -0.05) is 6.92 Å². The Morgan fingerprint density at radius 2 is 1.86 bits per heavy atom. The lowest BCUT2D eigenvalue weighted by Crippen LogP contribution is -2.44. The summed E-state index contributed by atoms with van der Waals surface area (Å²) in [6.45, 7) is 7.33. The molecule has 0 aromatic carbocycles. The average molecular weight is 320 g/mol. The fourth-order valence-electron chi connectivity index (χ4n) is 2.75. The van der Waals surface area contributed by atoms with Gasteiger partial charge in [0.2, 0.25) is 10.0 Å². The molecule has 0 atom stereocenters. The van der Waals surface area contributed by atoms with Crippen LogP contribution in [-0.4, -0.2) is 56.9 Å². The number of rotatable bonds is 9. The molecule has 0 amide bonds. The van der Waals surface area contributed by atoms with Crippen molar-refractivity contribution in [3.63, 3.8) is 0 Å². The highest BCUT2D eigenvalue weighted by molar-refractivity contribution is 7.89. The first-order chi connectivity index (χ1) is 9.86. The van der Waals surface area contributed by atoms with E-state index in [0.717, 1.165) is 38.6 Å². The van der Waals surface area contributed by atoms with Gasteiger partial charge in [0.05, 0.1) is 18.5 Å². The second-order valence-electron chi connectivity index (χ2n) is 6.21.